The molecule has 170 valence electrons. The number of aliphatic imine (C=N–C) groups is 1. The Morgan fingerprint density at radius 3 is 2.74 bits per heavy atom. The number of carbonyl (C=O) groups is 1. The number of benzene rings is 1. The zero-order chi connectivity index (χ0) is 21.5. The summed E-state index contributed by atoms with van der Waals surface area (Å²) in [5.74, 6) is 2.09. The van der Waals surface area contributed by atoms with Gasteiger partial charge in [-0.1, -0.05) is 42.7 Å². The summed E-state index contributed by atoms with van der Waals surface area (Å²) in [4.78, 5) is 22.8. The molecule has 31 heavy (non-hydrogen) atoms. The fourth-order valence-corrected chi connectivity index (χ4v) is 3.58. The Hall–Kier alpha value is -1.88. The van der Waals surface area contributed by atoms with Gasteiger partial charge in [0.15, 0.2) is 5.96 Å². The molecule has 1 saturated heterocycles. The van der Waals surface area contributed by atoms with Crippen molar-refractivity contribution in [3.63, 3.8) is 0 Å². The van der Waals surface area contributed by atoms with Crippen molar-refractivity contribution < 1.29 is 9.32 Å². The van der Waals surface area contributed by atoms with Crippen LogP contribution in [0.4, 0.5) is 0 Å². The summed E-state index contributed by atoms with van der Waals surface area (Å²) in [5, 5.41) is 11.4. The van der Waals surface area contributed by atoms with E-state index in [0.717, 1.165) is 37.5 Å². The highest BCUT2D eigenvalue weighted by atomic mass is 127. The van der Waals surface area contributed by atoms with Crippen molar-refractivity contribution in [2.75, 3.05) is 26.7 Å². The van der Waals surface area contributed by atoms with Gasteiger partial charge in [-0.2, -0.15) is 4.98 Å². The molecular formula is C21H30ClIN6O2. The third-order valence-corrected chi connectivity index (χ3v) is 5.28. The quantitative estimate of drug-likeness (QED) is 0.320. The van der Waals surface area contributed by atoms with Crippen molar-refractivity contribution in [3.05, 3.63) is 35.2 Å². The monoisotopic (exact) mass is 560 g/mol. The van der Waals surface area contributed by atoms with E-state index in [9.17, 15) is 4.79 Å². The number of nitrogens with one attached hydrogen (secondary N) is 2. The summed E-state index contributed by atoms with van der Waals surface area (Å²) in [6.07, 6.45) is 2.40. The molecule has 8 nitrogen and oxygen atoms in total. The lowest BCUT2D eigenvalue weighted by atomic mass is 10.0. The number of nitrogens with zero attached hydrogens (tertiary/aromatic N) is 4. The van der Waals surface area contributed by atoms with Crippen molar-refractivity contribution in [1.29, 1.82) is 0 Å². The highest BCUT2D eigenvalue weighted by molar-refractivity contribution is 14.0. The van der Waals surface area contributed by atoms with Gasteiger partial charge in [0.2, 0.25) is 17.6 Å². The van der Waals surface area contributed by atoms with Crippen LogP contribution < -0.4 is 10.6 Å². The lowest BCUT2D eigenvalue weighted by molar-refractivity contribution is -0.135. The average Bonchev–Trinajstić information content (AvgIpc) is 3.22. The van der Waals surface area contributed by atoms with E-state index in [0.29, 0.717) is 35.7 Å². The van der Waals surface area contributed by atoms with E-state index in [4.69, 9.17) is 16.1 Å². The minimum atomic E-state index is 0. The Balaban J connectivity index is 0.00000341. The fourth-order valence-electron chi connectivity index (χ4n) is 3.39. The lowest BCUT2D eigenvalue weighted by Crippen LogP contribution is -2.50. The number of amides is 1. The van der Waals surface area contributed by atoms with Gasteiger partial charge >= 0.3 is 0 Å². The van der Waals surface area contributed by atoms with Gasteiger partial charge < -0.3 is 20.1 Å². The molecule has 2 heterocycles. The molecule has 0 saturated carbocycles. The van der Waals surface area contributed by atoms with Gasteiger partial charge in [0.25, 0.3) is 0 Å². The van der Waals surface area contributed by atoms with Gasteiger partial charge in [-0.3, -0.25) is 9.79 Å². The molecule has 0 spiro atoms. The molecule has 0 bridgehead atoms. The van der Waals surface area contributed by atoms with Crippen molar-refractivity contribution in [1.82, 2.24) is 25.7 Å². The van der Waals surface area contributed by atoms with Gasteiger partial charge in [0.1, 0.15) is 0 Å². The third-order valence-electron chi connectivity index (χ3n) is 5.05. The maximum absolute atomic E-state index is 12.1. The second-order valence-corrected chi connectivity index (χ2v) is 8.11. The lowest BCUT2D eigenvalue weighted by Gasteiger charge is -2.34. The maximum Gasteiger partial charge on any atom is 0.228 e. The van der Waals surface area contributed by atoms with Crippen LogP contribution in [0.1, 0.15) is 32.6 Å². The van der Waals surface area contributed by atoms with Crippen molar-refractivity contribution in [2.24, 2.45) is 10.9 Å². The molecule has 0 aliphatic carbocycles. The first-order chi connectivity index (χ1) is 14.5. The number of guanidine groups is 1. The van der Waals surface area contributed by atoms with Gasteiger partial charge in [-0.25, -0.2) is 0 Å². The van der Waals surface area contributed by atoms with Gasteiger partial charge in [0.05, 0.1) is 0 Å². The van der Waals surface area contributed by atoms with Crippen LogP contribution in [0.3, 0.4) is 0 Å². The Morgan fingerprint density at radius 2 is 2.10 bits per heavy atom. The number of halogens is 2. The predicted octanol–water partition coefficient (Wildman–Crippen LogP) is 3.36. The van der Waals surface area contributed by atoms with E-state index in [1.54, 1.807) is 19.2 Å². The van der Waals surface area contributed by atoms with Crippen molar-refractivity contribution >= 4 is 47.4 Å². The zero-order valence-corrected chi connectivity index (χ0v) is 21.2. The number of aromatic nitrogens is 2. The summed E-state index contributed by atoms with van der Waals surface area (Å²) in [6.45, 7) is 6.06. The first-order valence-electron chi connectivity index (χ1n) is 10.3. The van der Waals surface area contributed by atoms with E-state index in [-0.39, 0.29) is 35.8 Å². The average molecular weight is 561 g/mol. The Morgan fingerprint density at radius 1 is 1.35 bits per heavy atom. The van der Waals surface area contributed by atoms with Crippen LogP contribution in [0, 0.1) is 5.92 Å². The van der Waals surface area contributed by atoms with Crippen LogP contribution in [0.2, 0.25) is 5.02 Å². The molecule has 1 fully saturated rings. The van der Waals surface area contributed by atoms with Crippen LogP contribution in [0.15, 0.2) is 33.8 Å². The molecule has 0 unspecified atom stereocenters. The van der Waals surface area contributed by atoms with E-state index in [2.05, 4.69) is 25.8 Å². The number of carbonyl (C=O) groups excluding carboxylic acids is 1. The summed E-state index contributed by atoms with van der Waals surface area (Å²) >= 11 is 6.02. The second kappa shape index (κ2) is 12.2. The topological polar surface area (TPSA) is 95.7 Å². The predicted molar refractivity (Wildman–Crippen MR) is 133 cm³/mol. The molecule has 2 N–H and O–H groups in total. The maximum atomic E-state index is 12.1. The van der Waals surface area contributed by atoms with E-state index in [1.165, 1.54) is 0 Å². The van der Waals surface area contributed by atoms with Gasteiger partial charge in [-0.05, 0) is 25.0 Å². The number of likely N-dealkylation sites (tertiary alicyclic amines) is 1. The fraction of sp³-hybridized carbons (Fsp3) is 0.524. The normalized spacial score (nSPS) is 15.0. The molecule has 1 aromatic carbocycles. The number of piperidine rings is 1. The van der Waals surface area contributed by atoms with Crippen molar-refractivity contribution in [2.45, 2.75) is 39.2 Å². The third kappa shape index (κ3) is 7.34. The molecule has 1 aliphatic heterocycles. The second-order valence-electron chi connectivity index (χ2n) is 7.67. The molecule has 0 atom stereocenters. The highest BCUT2D eigenvalue weighted by Crippen LogP contribution is 2.20. The molecule has 1 aliphatic rings. The Labute approximate surface area is 205 Å². The van der Waals surface area contributed by atoms with Gasteiger partial charge in [-0.15, -0.1) is 24.0 Å². The van der Waals surface area contributed by atoms with Crippen LogP contribution in [-0.2, 0) is 11.2 Å². The number of rotatable bonds is 6. The van der Waals surface area contributed by atoms with E-state index in [1.807, 2.05) is 30.9 Å². The van der Waals surface area contributed by atoms with Crippen LogP contribution in [-0.4, -0.2) is 59.6 Å². The molecule has 10 heteroatoms. The first kappa shape index (κ1) is 25.4. The summed E-state index contributed by atoms with van der Waals surface area (Å²) in [6, 6.07) is 7.66. The Bertz CT molecular complexity index is 880. The number of hydrogen-bond donors (Lipinski definition) is 2. The largest absolute Gasteiger partial charge is 0.356 e. The zero-order valence-electron chi connectivity index (χ0n) is 18.1. The van der Waals surface area contributed by atoms with Crippen LogP contribution >= 0.6 is 35.6 Å². The standard InChI is InChI=1S/C21H29ClN6O2.HI/c1-14(2)20(29)28-11-8-17(9-12-28)25-21(23-3)24-10-7-18-26-19(27-30-18)15-5-4-6-16(22)13-15;/h4-6,13-14,17H,7-12H2,1-3H3,(H2,23,24,25);1H. The van der Waals surface area contributed by atoms with Crippen molar-refractivity contribution in [3.8, 4) is 11.4 Å². The molecule has 2 aromatic rings. The smallest absolute Gasteiger partial charge is 0.228 e. The Kier molecular flexibility index (Phi) is 10.0. The van der Waals surface area contributed by atoms with Gasteiger partial charge in [0, 0.05) is 55.6 Å². The number of hydrogen-bond acceptors (Lipinski definition) is 5. The SMILES string of the molecule is CN=C(NCCc1nc(-c2cccc(Cl)c2)no1)NC1CCN(C(=O)C(C)C)CC1.I. The summed E-state index contributed by atoms with van der Waals surface area (Å²) in [7, 11) is 1.75. The molecule has 0 radical (unpaired) electrons. The summed E-state index contributed by atoms with van der Waals surface area (Å²) < 4.78 is 5.34. The highest BCUT2D eigenvalue weighted by Gasteiger charge is 2.24. The van der Waals surface area contributed by atoms with Crippen LogP contribution in [0.25, 0.3) is 11.4 Å². The first-order valence-corrected chi connectivity index (χ1v) is 10.7. The molecule has 1 amide bonds. The molecular weight excluding hydrogens is 531 g/mol. The summed E-state index contributed by atoms with van der Waals surface area (Å²) in [5.41, 5.74) is 0.824. The van der Waals surface area contributed by atoms with E-state index >= 15 is 0 Å². The van der Waals surface area contributed by atoms with Crippen LogP contribution in [0.5, 0.6) is 0 Å². The minimum absolute atomic E-state index is 0. The van der Waals surface area contributed by atoms with E-state index < -0.39 is 0 Å². The molecule has 1 aromatic heterocycles. The molecule has 3 rings (SSSR count). The minimum Gasteiger partial charge on any atom is -0.356 e.